The highest BCUT2D eigenvalue weighted by Gasteiger charge is 2.35. The second-order valence-electron chi connectivity index (χ2n) is 5.53. The topological polar surface area (TPSA) is 62.1 Å². The highest BCUT2D eigenvalue weighted by molar-refractivity contribution is 6.33. The van der Waals surface area contributed by atoms with Crippen molar-refractivity contribution in [1.82, 2.24) is 20.0 Å². The first-order valence-electron chi connectivity index (χ1n) is 7.26. The zero-order valence-corrected chi connectivity index (χ0v) is 12.8. The molecule has 2 aliphatic rings. The van der Waals surface area contributed by atoms with Crippen molar-refractivity contribution in [3.05, 3.63) is 46.7 Å². The molecule has 120 valence electrons. The lowest BCUT2D eigenvalue weighted by Crippen LogP contribution is -2.31. The van der Waals surface area contributed by atoms with Crippen molar-refractivity contribution in [3.63, 3.8) is 0 Å². The number of aromatic nitrogens is 4. The molecule has 0 saturated carbocycles. The van der Waals surface area contributed by atoms with Crippen molar-refractivity contribution in [3.8, 4) is 11.3 Å². The molecule has 24 heavy (non-hydrogen) atoms. The summed E-state index contributed by atoms with van der Waals surface area (Å²) in [4.78, 5) is 6.22. The van der Waals surface area contributed by atoms with Crippen molar-refractivity contribution in [2.45, 2.75) is 6.54 Å². The molecule has 0 radical (unpaired) electrons. The first-order valence-corrected chi connectivity index (χ1v) is 7.63. The lowest BCUT2D eigenvalue weighted by Gasteiger charge is -2.20. The van der Waals surface area contributed by atoms with E-state index in [0.29, 0.717) is 24.5 Å². The van der Waals surface area contributed by atoms with Crippen molar-refractivity contribution < 1.29 is 8.78 Å². The molecule has 0 aliphatic carbocycles. The first kappa shape index (κ1) is 13.7. The molecular weight excluding hydrogens is 338 g/mol. The van der Waals surface area contributed by atoms with Gasteiger partial charge in [0.05, 0.1) is 29.6 Å². The number of rotatable bonds is 1. The number of hydrogen-bond acceptors (Lipinski definition) is 4. The molecule has 1 aromatic carbocycles. The number of nitrogens with one attached hydrogen (secondary N) is 1. The van der Waals surface area contributed by atoms with Gasteiger partial charge in [-0.05, 0) is 12.1 Å². The maximum Gasteiger partial charge on any atom is 0.177 e. The summed E-state index contributed by atoms with van der Waals surface area (Å²) >= 11 is 6.12. The second-order valence-corrected chi connectivity index (χ2v) is 5.88. The van der Waals surface area contributed by atoms with Crippen LogP contribution in [0.3, 0.4) is 0 Å². The number of nitrogens with zero attached hydrogens (tertiary/aromatic N) is 5. The van der Waals surface area contributed by atoms with Gasteiger partial charge in [0, 0.05) is 6.54 Å². The van der Waals surface area contributed by atoms with Crippen LogP contribution in [-0.2, 0) is 6.54 Å². The van der Waals surface area contributed by atoms with Gasteiger partial charge in [-0.1, -0.05) is 17.7 Å². The lowest BCUT2D eigenvalue weighted by molar-refractivity contribution is 0.578. The molecule has 3 aromatic rings. The minimum atomic E-state index is -0.684. The number of fused-ring (bicyclic) bond motifs is 2. The van der Waals surface area contributed by atoms with Gasteiger partial charge in [-0.15, -0.1) is 0 Å². The highest BCUT2D eigenvalue weighted by Crippen LogP contribution is 2.44. The Morgan fingerprint density at radius 3 is 2.75 bits per heavy atom. The minimum Gasteiger partial charge on any atom is -0.308 e. The molecule has 5 rings (SSSR count). The molecule has 0 saturated heterocycles. The molecule has 2 aromatic heterocycles. The predicted molar refractivity (Wildman–Crippen MR) is 84.7 cm³/mol. The molecule has 0 atom stereocenters. The maximum absolute atomic E-state index is 14.4. The Morgan fingerprint density at radius 2 is 1.96 bits per heavy atom. The Balaban J connectivity index is 1.86. The predicted octanol–water partition coefficient (Wildman–Crippen LogP) is 3.12. The van der Waals surface area contributed by atoms with Crippen molar-refractivity contribution in [2.75, 3.05) is 11.4 Å². The summed E-state index contributed by atoms with van der Waals surface area (Å²) in [6.07, 6.45) is 1.67. The molecule has 4 heterocycles. The SMILES string of the molecule is Fc1cccc(F)c1C1=Nc2c(Cl)n[nH]c2-c2cnn3c2N1CC3. The van der Waals surface area contributed by atoms with Gasteiger partial charge < -0.3 is 4.90 Å². The zero-order valence-electron chi connectivity index (χ0n) is 12.1. The Bertz CT molecular complexity index is 1000. The molecule has 1 N–H and O–H groups in total. The summed E-state index contributed by atoms with van der Waals surface area (Å²) in [5.41, 5.74) is 1.49. The highest BCUT2D eigenvalue weighted by atomic mass is 35.5. The number of H-pyrrole nitrogens is 1. The van der Waals surface area contributed by atoms with Crippen molar-refractivity contribution in [2.24, 2.45) is 4.99 Å². The smallest absolute Gasteiger partial charge is 0.177 e. The van der Waals surface area contributed by atoms with E-state index >= 15 is 0 Å². The normalized spacial score (nSPS) is 15.1. The Labute approximate surface area is 139 Å². The molecule has 0 fully saturated rings. The summed E-state index contributed by atoms with van der Waals surface area (Å²) < 4.78 is 30.5. The van der Waals surface area contributed by atoms with Crippen LogP contribution >= 0.6 is 11.6 Å². The number of hydrogen-bond donors (Lipinski definition) is 1. The number of aliphatic imine (C=N–C) groups is 1. The van der Waals surface area contributed by atoms with Crippen LogP contribution in [-0.4, -0.2) is 32.4 Å². The maximum atomic E-state index is 14.4. The number of benzene rings is 1. The third-order valence-electron chi connectivity index (χ3n) is 4.23. The molecule has 2 aliphatic heterocycles. The zero-order chi connectivity index (χ0) is 16.4. The van der Waals surface area contributed by atoms with Crippen molar-refractivity contribution >= 4 is 28.9 Å². The standard InChI is InChI=1S/C15H9ClF2N6/c16-13-12-11(21-22-13)7-6-19-24-5-4-23(15(7)24)14(20-12)10-8(17)2-1-3-9(10)18/h1-3,6H,4-5H2,(H,21,22). The van der Waals surface area contributed by atoms with E-state index in [1.165, 1.54) is 18.2 Å². The third-order valence-corrected chi connectivity index (χ3v) is 4.49. The van der Waals surface area contributed by atoms with E-state index in [4.69, 9.17) is 11.6 Å². The first-order chi connectivity index (χ1) is 11.6. The van der Waals surface area contributed by atoms with E-state index < -0.39 is 11.6 Å². The molecule has 6 nitrogen and oxygen atoms in total. The van der Waals surface area contributed by atoms with Crippen LogP contribution in [0.2, 0.25) is 5.15 Å². The summed E-state index contributed by atoms with van der Waals surface area (Å²) in [6.45, 7) is 1.11. The molecule has 0 amide bonds. The minimum absolute atomic E-state index is 0.139. The van der Waals surface area contributed by atoms with Gasteiger partial charge >= 0.3 is 0 Å². The second kappa shape index (κ2) is 4.64. The largest absolute Gasteiger partial charge is 0.308 e. The van der Waals surface area contributed by atoms with Gasteiger partial charge in [0.25, 0.3) is 0 Å². The summed E-state index contributed by atoms with van der Waals surface area (Å²) in [5, 5.41) is 11.2. The van der Waals surface area contributed by atoms with E-state index in [2.05, 4.69) is 20.3 Å². The quantitative estimate of drug-likeness (QED) is 0.736. The van der Waals surface area contributed by atoms with Gasteiger partial charge in [0.2, 0.25) is 0 Å². The molecule has 0 spiro atoms. The lowest BCUT2D eigenvalue weighted by atomic mass is 10.1. The number of aromatic amines is 1. The van der Waals surface area contributed by atoms with Crippen LogP contribution in [0.5, 0.6) is 0 Å². The van der Waals surface area contributed by atoms with Crippen LogP contribution in [0, 0.1) is 11.6 Å². The monoisotopic (exact) mass is 346 g/mol. The van der Waals surface area contributed by atoms with Crippen LogP contribution in [0.25, 0.3) is 11.3 Å². The number of anilines is 1. The molecule has 0 bridgehead atoms. The van der Waals surface area contributed by atoms with Gasteiger partial charge in [0.1, 0.15) is 29.0 Å². The van der Waals surface area contributed by atoms with Crippen molar-refractivity contribution in [1.29, 1.82) is 0 Å². The fraction of sp³-hybridized carbons (Fsp3) is 0.133. The molecular formula is C15H9ClF2N6. The average Bonchev–Trinajstić information content (AvgIpc) is 3.20. The average molecular weight is 347 g/mol. The van der Waals surface area contributed by atoms with Crippen LogP contribution in [0.1, 0.15) is 5.56 Å². The summed E-state index contributed by atoms with van der Waals surface area (Å²) in [6, 6.07) is 3.73. The summed E-state index contributed by atoms with van der Waals surface area (Å²) in [5.74, 6) is -0.490. The fourth-order valence-electron chi connectivity index (χ4n) is 3.18. The van der Waals surface area contributed by atoms with E-state index in [-0.39, 0.29) is 16.6 Å². The van der Waals surface area contributed by atoms with Crippen LogP contribution in [0.15, 0.2) is 29.4 Å². The van der Waals surface area contributed by atoms with E-state index in [1.54, 1.807) is 15.8 Å². The van der Waals surface area contributed by atoms with Gasteiger partial charge in [0.15, 0.2) is 5.15 Å². The molecule has 9 heteroatoms. The Hall–Kier alpha value is -2.74. The van der Waals surface area contributed by atoms with E-state index in [0.717, 1.165) is 11.4 Å². The van der Waals surface area contributed by atoms with Crippen LogP contribution in [0.4, 0.5) is 20.3 Å². The summed E-state index contributed by atoms with van der Waals surface area (Å²) in [7, 11) is 0. The van der Waals surface area contributed by atoms with Crippen LogP contribution < -0.4 is 4.90 Å². The third kappa shape index (κ3) is 1.66. The van der Waals surface area contributed by atoms with Gasteiger partial charge in [-0.2, -0.15) is 10.2 Å². The molecule has 0 unspecified atom stereocenters. The number of halogens is 3. The fourth-order valence-corrected chi connectivity index (χ4v) is 3.36. The number of amidine groups is 1. The van der Waals surface area contributed by atoms with Gasteiger partial charge in [-0.3, -0.25) is 5.10 Å². The van der Waals surface area contributed by atoms with E-state index in [9.17, 15) is 8.78 Å². The van der Waals surface area contributed by atoms with Gasteiger partial charge in [-0.25, -0.2) is 18.5 Å². The Morgan fingerprint density at radius 1 is 1.17 bits per heavy atom. The Kier molecular flexibility index (Phi) is 2.64. The van der Waals surface area contributed by atoms with E-state index in [1.807, 2.05) is 0 Å².